The summed E-state index contributed by atoms with van der Waals surface area (Å²) in [5, 5.41) is 20.8. The van der Waals surface area contributed by atoms with Crippen LogP contribution >= 0.6 is 0 Å². The van der Waals surface area contributed by atoms with Gasteiger partial charge in [-0.2, -0.15) is 0 Å². The molecule has 2 rings (SSSR count). The van der Waals surface area contributed by atoms with Crippen LogP contribution in [0.25, 0.3) is 0 Å². The van der Waals surface area contributed by atoms with Crippen molar-refractivity contribution in [3.05, 3.63) is 47.5 Å². The van der Waals surface area contributed by atoms with Gasteiger partial charge in [-0.3, -0.25) is 0 Å². The highest BCUT2D eigenvalue weighted by Crippen LogP contribution is 2.42. The first kappa shape index (κ1) is 20.2. The molecule has 1 aromatic carbocycles. The summed E-state index contributed by atoms with van der Waals surface area (Å²) in [5.41, 5.74) is 2.23. The van der Waals surface area contributed by atoms with E-state index < -0.39 is 0 Å². The summed E-state index contributed by atoms with van der Waals surface area (Å²) in [5.74, 6) is 0.765. The van der Waals surface area contributed by atoms with E-state index in [2.05, 4.69) is 50.3 Å². The Balaban J connectivity index is 1.98. The van der Waals surface area contributed by atoms with E-state index in [1.54, 1.807) is 0 Å². The smallest absolute Gasteiger partial charge is 0.0790 e. The zero-order chi connectivity index (χ0) is 18.1. The lowest BCUT2D eigenvalue weighted by Gasteiger charge is -2.22. The van der Waals surface area contributed by atoms with Gasteiger partial charge in [0.05, 0.1) is 12.2 Å². The predicted molar refractivity (Wildman–Crippen MR) is 106 cm³/mol. The zero-order valence-corrected chi connectivity index (χ0v) is 16.0. The number of rotatable bonds is 10. The van der Waals surface area contributed by atoms with Gasteiger partial charge >= 0.3 is 0 Å². The monoisotopic (exact) mass is 344 g/mol. The molecule has 1 aliphatic carbocycles. The maximum Gasteiger partial charge on any atom is 0.0790 e. The Morgan fingerprint density at radius 1 is 1.04 bits per heavy atom. The van der Waals surface area contributed by atoms with Gasteiger partial charge in [0.25, 0.3) is 0 Å². The average Bonchev–Trinajstić information content (AvgIpc) is 2.99. The second-order valence-electron chi connectivity index (χ2n) is 7.60. The number of aliphatic hydroxyl groups is 2. The largest absolute Gasteiger partial charge is 0.392 e. The van der Waals surface area contributed by atoms with Crippen molar-refractivity contribution in [3.63, 3.8) is 0 Å². The van der Waals surface area contributed by atoms with E-state index in [9.17, 15) is 10.2 Å². The molecule has 1 aromatic rings. The number of allylic oxidation sites excluding steroid dienone is 2. The molecule has 1 aliphatic rings. The molecule has 0 amide bonds. The standard InChI is InChI=1S/C23H36O2/c1-3-5-7-9-10-19-16-17-22(25)23(19)20-14-12-18(13-15-20)21(24)11-8-6-4-2/h7,9,12-15,19,21-25H,3-6,8,10-11,16-17H2,1-2H3/b9-7-/t19-,21?,22+,23-/m0/s1. The van der Waals surface area contributed by atoms with Crippen molar-refractivity contribution in [1.82, 2.24) is 0 Å². The first-order valence-corrected chi connectivity index (χ1v) is 10.3. The number of benzene rings is 1. The van der Waals surface area contributed by atoms with Gasteiger partial charge in [-0.05, 0) is 49.1 Å². The molecule has 2 N–H and O–H groups in total. The summed E-state index contributed by atoms with van der Waals surface area (Å²) in [6, 6.07) is 8.36. The number of hydrogen-bond acceptors (Lipinski definition) is 2. The molecule has 1 unspecified atom stereocenters. The van der Waals surface area contributed by atoms with E-state index >= 15 is 0 Å². The number of unbranched alkanes of at least 4 members (excludes halogenated alkanes) is 3. The second kappa shape index (κ2) is 10.8. The molecule has 0 aliphatic heterocycles. The highest BCUT2D eigenvalue weighted by molar-refractivity contribution is 5.29. The van der Waals surface area contributed by atoms with Crippen molar-refractivity contribution in [2.24, 2.45) is 5.92 Å². The van der Waals surface area contributed by atoms with Crippen molar-refractivity contribution in [2.45, 2.75) is 89.8 Å². The quantitative estimate of drug-likeness (QED) is 0.410. The molecule has 0 saturated heterocycles. The van der Waals surface area contributed by atoms with Crippen LogP contribution in [-0.2, 0) is 0 Å². The van der Waals surface area contributed by atoms with Crippen LogP contribution in [0.4, 0.5) is 0 Å². The SMILES string of the molecule is CCC/C=C\C[C@H]1CC[C@@H](O)[C@@H]1c1ccc(C(O)CCCCC)cc1. The fourth-order valence-corrected chi connectivity index (χ4v) is 4.07. The van der Waals surface area contributed by atoms with Crippen LogP contribution in [0.15, 0.2) is 36.4 Å². The van der Waals surface area contributed by atoms with Gasteiger partial charge in [-0.1, -0.05) is 75.9 Å². The minimum Gasteiger partial charge on any atom is -0.392 e. The summed E-state index contributed by atoms with van der Waals surface area (Å²) in [6.07, 6.45) is 13.6. The van der Waals surface area contributed by atoms with Gasteiger partial charge in [0, 0.05) is 5.92 Å². The van der Waals surface area contributed by atoms with Crippen LogP contribution in [0.5, 0.6) is 0 Å². The lowest BCUT2D eigenvalue weighted by atomic mass is 9.85. The normalized spacial score (nSPS) is 24.9. The van der Waals surface area contributed by atoms with Crippen LogP contribution in [0.2, 0.25) is 0 Å². The molecule has 0 spiro atoms. The number of aliphatic hydroxyl groups excluding tert-OH is 2. The van der Waals surface area contributed by atoms with Crippen molar-refractivity contribution < 1.29 is 10.2 Å². The molecule has 140 valence electrons. The molecule has 0 aromatic heterocycles. The van der Waals surface area contributed by atoms with Gasteiger partial charge in [0.15, 0.2) is 0 Å². The highest BCUT2D eigenvalue weighted by atomic mass is 16.3. The third kappa shape index (κ3) is 5.97. The molecule has 25 heavy (non-hydrogen) atoms. The average molecular weight is 345 g/mol. The van der Waals surface area contributed by atoms with Crippen LogP contribution in [0.3, 0.4) is 0 Å². The van der Waals surface area contributed by atoms with E-state index in [-0.39, 0.29) is 18.1 Å². The highest BCUT2D eigenvalue weighted by Gasteiger charge is 2.35. The third-order valence-corrected chi connectivity index (χ3v) is 5.60. The summed E-state index contributed by atoms with van der Waals surface area (Å²) in [4.78, 5) is 0. The predicted octanol–water partition coefficient (Wildman–Crippen LogP) is 5.90. The molecular formula is C23H36O2. The molecule has 0 heterocycles. The van der Waals surface area contributed by atoms with Gasteiger partial charge < -0.3 is 10.2 Å². The summed E-state index contributed by atoms with van der Waals surface area (Å²) in [6.45, 7) is 4.38. The summed E-state index contributed by atoms with van der Waals surface area (Å²) < 4.78 is 0. The molecule has 2 nitrogen and oxygen atoms in total. The Labute approximate surface area is 154 Å². The number of hydrogen-bond donors (Lipinski definition) is 2. The van der Waals surface area contributed by atoms with Gasteiger partial charge in [-0.25, -0.2) is 0 Å². The fraction of sp³-hybridized carbons (Fsp3) is 0.652. The summed E-state index contributed by atoms with van der Waals surface area (Å²) in [7, 11) is 0. The van der Waals surface area contributed by atoms with Gasteiger partial charge in [0.1, 0.15) is 0 Å². The van der Waals surface area contributed by atoms with Crippen molar-refractivity contribution in [1.29, 1.82) is 0 Å². The first-order chi connectivity index (χ1) is 12.2. The molecule has 2 heteroatoms. The Hall–Kier alpha value is -1.12. The van der Waals surface area contributed by atoms with Crippen LogP contribution in [0, 0.1) is 5.92 Å². The molecule has 0 bridgehead atoms. The Bertz CT molecular complexity index is 505. The molecule has 1 fully saturated rings. The van der Waals surface area contributed by atoms with E-state index in [1.165, 1.54) is 24.8 Å². The zero-order valence-electron chi connectivity index (χ0n) is 16.0. The van der Waals surface area contributed by atoms with E-state index in [0.717, 1.165) is 44.1 Å². The third-order valence-electron chi connectivity index (χ3n) is 5.60. The maximum absolute atomic E-state index is 10.5. The maximum atomic E-state index is 10.5. The lowest BCUT2D eigenvalue weighted by Crippen LogP contribution is -2.17. The summed E-state index contributed by atoms with van der Waals surface area (Å²) >= 11 is 0. The van der Waals surface area contributed by atoms with Crippen LogP contribution in [-0.4, -0.2) is 16.3 Å². The molecule has 0 radical (unpaired) electrons. The van der Waals surface area contributed by atoms with Gasteiger partial charge in [-0.15, -0.1) is 0 Å². The minimum atomic E-state index is -0.359. The van der Waals surface area contributed by atoms with E-state index in [1.807, 2.05) is 0 Å². The Kier molecular flexibility index (Phi) is 8.71. The van der Waals surface area contributed by atoms with Crippen molar-refractivity contribution in [2.75, 3.05) is 0 Å². The topological polar surface area (TPSA) is 40.5 Å². The van der Waals surface area contributed by atoms with Crippen LogP contribution < -0.4 is 0 Å². The minimum absolute atomic E-state index is 0.232. The van der Waals surface area contributed by atoms with Crippen molar-refractivity contribution in [3.8, 4) is 0 Å². The van der Waals surface area contributed by atoms with E-state index in [4.69, 9.17) is 0 Å². The lowest BCUT2D eigenvalue weighted by molar-refractivity contribution is 0.154. The fourth-order valence-electron chi connectivity index (χ4n) is 4.07. The second-order valence-corrected chi connectivity index (χ2v) is 7.60. The molecular weight excluding hydrogens is 308 g/mol. The Morgan fingerprint density at radius 3 is 2.48 bits per heavy atom. The molecule has 1 saturated carbocycles. The Morgan fingerprint density at radius 2 is 1.80 bits per heavy atom. The first-order valence-electron chi connectivity index (χ1n) is 10.3. The molecule has 4 atom stereocenters. The van der Waals surface area contributed by atoms with Gasteiger partial charge in [0.2, 0.25) is 0 Å². The van der Waals surface area contributed by atoms with Crippen molar-refractivity contribution >= 4 is 0 Å². The van der Waals surface area contributed by atoms with Crippen LogP contribution in [0.1, 0.15) is 94.8 Å². The van der Waals surface area contributed by atoms with E-state index in [0.29, 0.717) is 5.92 Å².